The summed E-state index contributed by atoms with van der Waals surface area (Å²) >= 11 is 0. The summed E-state index contributed by atoms with van der Waals surface area (Å²) < 4.78 is 5.73. The van der Waals surface area contributed by atoms with Crippen molar-refractivity contribution in [3.05, 3.63) is 0 Å². The highest BCUT2D eigenvalue weighted by Gasteiger charge is 2.45. The highest BCUT2D eigenvalue weighted by molar-refractivity contribution is 5.05. The fourth-order valence-electron chi connectivity index (χ4n) is 3.55. The van der Waals surface area contributed by atoms with Gasteiger partial charge >= 0.3 is 0 Å². The minimum absolute atomic E-state index is 0.164. The highest BCUT2D eigenvalue weighted by atomic mass is 16.5. The molecule has 0 aliphatic carbocycles. The second-order valence-electron chi connectivity index (χ2n) is 7.99. The van der Waals surface area contributed by atoms with Crippen molar-refractivity contribution < 1.29 is 14.9 Å². The fourth-order valence-corrected chi connectivity index (χ4v) is 3.55. The van der Waals surface area contributed by atoms with E-state index in [0.29, 0.717) is 25.8 Å². The van der Waals surface area contributed by atoms with Crippen LogP contribution >= 0.6 is 0 Å². The predicted molar refractivity (Wildman–Crippen MR) is 89.6 cm³/mol. The Balaban J connectivity index is 2.70. The quantitative estimate of drug-likeness (QED) is 0.738. The van der Waals surface area contributed by atoms with Crippen molar-refractivity contribution in [3.8, 4) is 12.3 Å². The predicted octanol–water partition coefficient (Wildman–Crippen LogP) is 2.18. The van der Waals surface area contributed by atoms with Crippen LogP contribution in [0.3, 0.4) is 0 Å². The summed E-state index contributed by atoms with van der Waals surface area (Å²) in [5.74, 6) is 2.65. The van der Waals surface area contributed by atoms with Gasteiger partial charge in [0.1, 0.15) is 5.60 Å². The summed E-state index contributed by atoms with van der Waals surface area (Å²) in [5.41, 5.74) is -0.950. The van der Waals surface area contributed by atoms with Crippen molar-refractivity contribution >= 4 is 0 Å². The average molecular weight is 311 g/mol. The lowest BCUT2D eigenvalue weighted by Gasteiger charge is -2.55. The zero-order valence-electron chi connectivity index (χ0n) is 15.0. The van der Waals surface area contributed by atoms with Crippen molar-refractivity contribution in [1.82, 2.24) is 4.90 Å². The van der Waals surface area contributed by atoms with Gasteiger partial charge in [-0.1, -0.05) is 12.8 Å². The van der Waals surface area contributed by atoms with Crippen LogP contribution in [0, 0.1) is 12.3 Å². The first-order valence-corrected chi connectivity index (χ1v) is 8.21. The van der Waals surface area contributed by atoms with Crippen molar-refractivity contribution in [2.75, 3.05) is 13.2 Å². The lowest BCUT2D eigenvalue weighted by Crippen LogP contribution is -2.63. The molecule has 1 saturated heterocycles. The molecule has 0 aromatic carbocycles. The van der Waals surface area contributed by atoms with Gasteiger partial charge in [0.2, 0.25) is 0 Å². The number of likely N-dealkylation sites (tertiary alicyclic amines) is 1. The molecule has 4 nitrogen and oxygen atoms in total. The summed E-state index contributed by atoms with van der Waals surface area (Å²) in [6.45, 7) is 13.0. The van der Waals surface area contributed by atoms with Crippen LogP contribution in [0.25, 0.3) is 0 Å². The summed E-state index contributed by atoms with van der Waals surface area (Å²) in [7, 11) is 0. The number of nitrogens with zero attached hydrogens (tertiary/aromatic N) is 1. The van der Waals surface area contributed by atoms with Gasteiger partial charge in [0.25, 0.3) is 0 Å². The number of aliphatic hydroxyl groups is 2. The van der Waals surface area contributed by atoms with E-state index in [1.54, 1.807) is 0 Å². The molecule has 0 spiro atoms. The van der Waals surface area contributed by atoms with Gasteiger partial charge in [-0.25, -0.2) is 0 Å². The molecule has 0 radical (unpaired) electrons. The van der Waals surface area contributed by atoms with E-state index in [9.17, 15) is 10.2 Å². The SMILES string of the molecule is C#C[C@@](C)(CC)OC[C@H](O)CN1C(C)(C)CC(O)CC1(C)C. The minimum Gasteiger partial charge on any atom is -0.393 e. The topological polar surface area (TPSA) is 52.9 Å². The fraction of sp³-hybridized carbons (Fsp3) is 0.889. The Kier molecular flexibility index (Phi) is 6.08. The molecular formula is C18H33NO3. The number of aliphatic hydroxyl groups excluding tert-OH is 2. The van der Waals surface area contributed by atoms with E-state index >= 15 is 0 Å². The number of hydrogen-bond acceptors (Lipinski definition) is 4. The van der Waals surface area contributed by atoms with Crippen molar-refractivity contribution in [2.24, 2.45) is 0 Å². The van der Waals surface area contributed by atoms with Crippen LogP contribution < -0.4 is 0 Å². The van der Waals surface area contributed by atoms with E-state index in [-0.39, 0.29) is 23.8 Å². The second kappa shape index (κ2) is 6.88. The van der Waals surface area contributed by atoms with Gasteiger partial charge in [0.05, 0.1) is 18.8 Å². The van der Waals surface area contributed by atoms with Gasteiger partial charge in [-0.3, -0.25) is 4.90 Å². The normalized spacial score (nSPS) is 26.1. The Morgan fingerprint density at radius 3 is 2.23 bits per heavy atom. The van der Waals surface area contributed by atoms with Crippen LogP contribution in [0.15, 0.2) is 0 Å². The number of hydrogen-bond donors (Lipinski definition) is 2. The van der Waals surface area contributed by atoms with E-state index in [1.165, 1.54) is 0 Å². The minimum atomic E-state index is -0.621. The van der Waals surface area contributed by atoms with E-state index in [1.807, 2.05) is 13.8 Å². The number of rotatable bonds is 6. The van der Waals surface area contributed by atoms with E-state index in [4.69, 9.17) is 11.2 Å². The Morgan fingerprint density at radius 1 is 1.32 bits per heavy atom. The van der Waals surface area contributed by atoms with Gasteiger partial charge < -0.3 is 14.9 Å². The summed E-state index contributed by atoms with van der Waals surface area (Å²) in [6.07, 6.45) is 6.73. The second-order valence-corrected chi connectivity index (χ2v) is 7.99. The maximum atomic E-state index is 10.4. The van der Waals surface area contributed by atoms with E-state index < -0.39 is 11.7 Å². The number of terminal acetylenes is 1. The first-order chi connectivity index (χ1) is 9.96. The number of piperidine rings is 1. The van der Waals surface area contributed by atoms with Crippen LogP contribution in [0.4, 0.5) is 0 Å². The maximum Gasteiger partial charge on any atom is 0.125 e. The molecule has 1 rings (SSSR count). The molecule has 1 aliphatic heterocycles. The Morgan fingerprint density at radius 2 is 1.82 bits per heavy atom. The number of ether oxygens (including phenoxy) is 1. The van der Waals surface area contributed by atoms with Gasteiger partial charge in [0.15, 0.2) is 0 Å². The van der Waals surface area contributed by atoms with Gasteiger partial charge in [0, 0.05) is 17.6 Å². The monoisotopic (exact) mass is 311 g/mol. The van der Waals surface area contributed by atoms with E-state index in [0.717, 1.165) is 0 Å². The Hall–Kier alpha value is -0.600. The number of β-amino-alcohol motifs (C(OH)–C–C–N with tert-alkyl or cyclic N) is 1. The Bertz CT molecular complexity index is 395. The standard InChI is InChI=1S/C18H33NO3/c1-8-18(7,9-2)22-13-15(21)12-19-16(3,4)10-14(20)11-17(19,5)6/h1,14-15,20-21H,9-13H2,2-7H3/t15-,18+/m1/s1. The maximum absolute atomic E-state index is 10.4. The van der Waals surface area contributed by atoms with Crippen molar-refractivity contribution in [3.63, 3.8) is 0 Å². The lowest BCUT2D eigenvalue weighted by atomic mass is 9.78. The molecule has 1 fully saturated rings. The zero-order valence-corrected chi connectivity index (χ0v) is 15.0. The largest absolute Gasteiger partial charge is 0.393 e. The molecule has 0 aromatic heterocycles. The van der Waals surface area contributed by atoms with Gasteiger partial charge in [-0.05, 0) is 53.9 Å². The van der Waals surface area contributed by atoms with Crippen LogP contribution in [0.5, 0.6) is 0 Å². The summed E-state index contributed by atoms with van der Waals surface area (Å²) in [6, 6.07) is 0. The van der Waals surface area contributed by atoms with Crippen molar-refractivity contribution in [2.45, 2.75) is 89.7 Å². The smallest absolute Gasteiger partial charge is 0.125 e. The van der Waals surface area contributed by atoms with E-state index in [2.05, 4.69) is 38.5 Å². The molecule has 0 bridgehead atoms. The molecule has 0 unspecified atom stereocenters. The molecule has 2 N–H and O–H groups in total. The first kappa shape index (κ1) is 19.4. The molecule has 1 aliphatic rings. The zero-order chi connectivity index (χ0) is 17.2. The molecule has 2 atom stereocenters. The molecule has 0 saturated carbocycles. The molecule has 4 heteroatoms. The van der Waals surface area contributed by atoms with Crippen LogP contribution in [0.2, 0.25) is 0 Å². The van der Waals surface area contributed by atoms with Crippen LogP contribution in [0.1, 0.15) is 60.8 Å². The average Bonchev–Trinajstić information content (AvgIpc) is 2.39. The van der Waals surface area contributed by atoms with Gasteiger partial charge in [-0.2, -0.15) is 0 Å². The van der Waals surface area contributed by atoms with Crippen molar-refractivity contribution in [1.29, 1.82) is 0 Å². The molecular weight excluding hydrogens is 278 g/mol. The third-order valence-corrected chi connectivity index (χ3v) is 4.90. The van der Waals surface area contributed by atoms with Crippen LogP contribution in [-0.4, -0.2) is 57.2 Å². The Labute approximate surface area is 135 Å². The van der Waals surface area contributed by atoms with Gasteiger partial charge in [-0.15, -0.1) is 6.42 Å². The molecule has 0 aromatic rings. The summed E-state index contributed by atoms with van der Waals surface area (Å²) in [4.78, 5) is 2.28. The highest BCUT2D eigenvalue weighted by Crippen LogP contribution is 2.38. The molecule has 1 heterocycles. The molecule has 0 amide bonds. The van der Waals surface area contributed by atoms with Crippen LogP contribution in [-0.2, 0) is 4.74 Å². The summed E-state index contributed by atoms with van der Waals surface area (Å²) in [5, 5.41) is 20.5. The molecule has 22 heavy (non-hydrogen) atoms. The lowest BCUT2D eigenvalue weighted by molar-refractivity contribution is -0.113. The molecule has 128 valence electrons. The first-order valence-electron chi connectivity index (χ1n) is 8.21. The third-order valence-electron chi connectivity index (χ3n) is 4.90. The third kappa shape index (κ3) is 4.70.